The van der Waals surface area contributed by atoms with Gasteiger partial charge in [0.2, 0.25) is 0 Å². The van der Waals surface area contributed by atoms with E-state index in [-0.39, 0.29) is 11.9 Å². The SMILES string of the molecule is COc1ccc(C(=O)N2CCC(C(=O)O)C2C)cc1OC. The van der Waals surface area contributed by atoms with Crippen LogP contribution in [0.15, 0.2) is 18.2 Å². The number of carbonyl (C=O) groups is 2. The van der Waals surface area contributed by atoms with Gasteiger partial charge < -0.3 is 19.5 Å². The van der Waals surface area contributed by atoms with Crippen molar-refractivity contribution in [3.8, 4) is 11.5 Å². The van der Waals surface area contributed by atoms with Crippen LogP contribution in [0.25, 0.3) is 0 Å². The number of carbonyl (C=O) groups excluding carboxylic acids is 1. The van der Waals surface area contributed by atoms with E-state index in [2.05, 4.69) is 0 Å². The zero-order valence-corrected chi connectivity index (χ0v) is 12.3. The van der Waals surface area contributed by atoms with Gasteiger partial charge in [0.1, 0.15) is 0 Å². The smallest absolute Gasteiger partial charge is 0.308 e. The van der Waals surface area contributed by atoms with E-state index in [0.717, 1.165) is 0 Å². The molecule has 1 amide bonds. The van der Waals surface area contributed by atoms with Crippen LogP contribution in [0.2, 0.25) is 0 Å². The summed E-state index contributed by atoms with van der Waals surface area (Å²) in [4.78, 5) is 25.3. The average Bonchev–Trinajstić information content (AvgIpc) is 2.87. The number of methoxy groups -OCH3 is 2. The van der Waals surface area contributed by atoms with Gasteiger partial charge in [-0.25, -0.2) is 0 Å². The van der Waals surface area contributed by atoms with Crippen LogP contribution < -0.4 is 9.47 Å². The summed E-state index contributed by atoms with van der Waals surface area (Å²) in [5.74, 6) is -0.525. The molecule has 1 fully saturated rings. The molecule has 0 saturated carbocycles. The minimum absolute atomic E-state index is 0.188. The van der Waals surface area contributed by atoms with E-state index in [0.29, 0.717) is 30.0 Å². The van der Waals surface area contributed by atoms with Gasteiger partial charge in [-0.15, -0.1) is 0 Å². The Morgan fingerprint density at radius 3 is 2.43 bits per heavy atom. The minimum Gasteiger partial charge on any atom is -0.493 e. The van der Waals surface area contributed by atoms with Crippen LogP contribution in [0.3, 0.4) is 0 Å². The number of benzene rings is 1. The van der Waals surface area contributed by atoms with E-state index in [1.54, 1.807) is 30.0 Å². The summed E-state index contributed by atoms with van der Waals surface area (Å²) in [7, 11) is 3.03. The van der Waals surface area contributed by atoms with Crippen LogP contribution in [0.5, 0.6) is 11.5 Å². The monoisotopic (exact) mass is 293 g/mol. The maximum atomic E-state index is 12.5. The van der Waals surface area contributed by atoms with Crippen molar-refractivity contribution < 1.29 is 24.2 Å². The molecule has 1 aliphatic rings. The molecule has 2 unspecified atom stereocenters. The number of amides is 1. The molecule has 21 heavy (non-hydrogen) atoms. The highest BCUT2D eigenvalue weighted by Crippen LogP contribution is 2.30. The summed E-state index contributed by atoms with van der Waals surface area (Å²) in [6.07, 6.45) is 0.482. The zero-order valence-electron chi connectivity index (χ0n) is 12.3. The summed E-state index contributed by atoms with van der Waals surface area (Å²) in [6.45, 7) is 2.22. The van der Waals surface area contributed by atoms with Gasteiger partial charge in [0.15, 0.2) is 11.5 Å². The fourth-order valence-corrected chi connectivity index (χ4v) is 2.69. The number of rotatable bonds is 4. The minimum atomic E-state index is -0.856. The number of aliphatic carboxylic acids is 1. The molecule has 0 radical (unpaired) electrons. The van der Waals surface area contributed by atoms with E-state index in [1.165, 1.54) is 14.2 Å². The lowest BCUT2D eigenvalue weighted by Gasteiger charge is -2.23. The summed E-state index contributed by atoms with van der Waals surface area (Å²) < 4.78 is 10.3. The first-order valence-electron chi connectivity index (χ1n) is 6.75. The largest absolute Gasteiger partial charge is 0.493 e. The predicted octanol–water partition coefficient (Wildman–Crippen LogP) is 1.64. The van der Waals surface area contributed by atoms with E-state index < -0.39 is 11.9 Å². The van der Waals surface area contributed by atoms with Crippen LogP contribution >= 0.6 is 0 Å². The van der Waals surface area contributed by atoms with Crippen molar-refractivity contribution in [2.24, 2.45) is 5.92 Å². The molecule has 6 heteroatoms. The van der Waals surface area contributed by atoms with Crippen LogP contribution in [-0.2, 0) is 4.79 Å². The summed E-state index contributed by atoms with van der Waals surface area (Å²) in [5, 5.41) is 9.13. The molecule has 2 rings (SSSR count). The zero-order chi connectivity index (χ0) is 15.6. The lowest BCUT2D eigenvalue weighted by molar-refractivity contribution is -0.142. The molecule has 1 aromatic rings. The first-order chi connectivity index (χ1) is 9.99. The molecule has 114 valence electrons. The topological polar surface area (TPSA) is 76.1 Å². The third-order valence-electron chi connectivity index (χ3n) is 3.96. The van der Waals surface area contributed by atoms with Gasteiger partial charge in [0, 0.05) is 18.2 Å². The standard InChI is InChI=1S/C15H19NO5/c1-9-11(15(18)19)6-7-16(9)14(17)10-4-5-12(20-2)13(8-10)21-3/h4-5,8-9,11H,6-7H2,1-3H3,(H,18,19). The normalized spacial score (nSPS) is 21.2. The number of ether oxygens (including phenoxy) is 2. The van der Waals surface area contributed by atoms with Crippen molar-refractivity contribution in [2.45, 2.75) is 19.4 Å². The second kappa shape index (κ2) is 6.03. The number of hydrogen-bond donors (Lipinski definition) is 1. The van der Waals surface area contributed by atoms with Crippen molar-refractivity contribution >= 4 is 11.9 Å². The Hall–Kier alpha value is -2.24. The van der Waals surface area contributed by atoms with Crippen LogP contribution in [0.4, 0.5) is 0 Å². The molecule has 2 atom stereocenters. The van der Waals surface area contributed by atoms with Gasteiger partial charge in [-0.2, -0.15) is 0 Å². The van der Waals surface area contributed by atoms with Crippen LogP contribution in [0, 0.1) is 5.92 Å². The molecule has 1 aromatic carbocycles. The number of carboxylic acids is 1. The molecule has 0 spiro atoms. The second-order valence-electron chi connectivity index (χ2n) is 5.04. The predicted molar refractivity (Wildman–Crippen MR) is 75.8 cm³/mol. The molecule has 1 heterocycles. The number of likely N-dealkylation sites (tertiary alicyclic amines) is 1. The molecule has 0 aromatic heterocycles. The van der Waals surface area contributed by atoms with Crippen LogP contribution in [0.1, 0.15) is 23.7 Å². The third kappa shape index (κ3) is 2.79. The molecule has 0 aliphatic carbocycles. The Balaban J connectivity index is 2.23. The van der Waals surface area contributed by atoms with E-state index in [4.69, 9.17) is 14.6 Å². The van der Waals surface area contributed by atoms with Gasteiger partial charge in [-0.1, -0.05) is 0 Å². The van der Waals surface area contributed by atoms with E-state index in [1.807, 2.05) is 0 Å². The van der Waals surface area contributed by atoms with Gasteiger partial charge in [0.05, 0.1) is 20.1 Å². The van der Waals surface area contributed by atoms with Crippen molar-refractivity contribution in [2.75, 3.05) is 20.8 Å². The summed E-state index contributed by atoms with van der Waals surface area (Å²) >= 11 is 0. The van der Waals surface area contributed by atoms with Crippen molar-refractivity contribution in [1.29, 1.82) is 0 Å². The number of hydrogen-bond acceptors (Lipinski definition) is 4. The third-order valence-corrected chi connectivity index (χ3v) is 3.96. The molecule has 1 N–H and O–H groups in total. The fraction of sp³-hybridized carbons (Fsp3) is 0.467. The van der Waals surface area contributed by atoms with Crippen molar-refractivity contribution in [3.05, 3.63) is 23.8 Å². The maximum absolute atomic E-state index is 12.5. The molecule has 1 saturated heterocycles. The van der Waals surface area contributed by atoms with Gasteiger partial charge in [0.25, 0.3) is 5.91 Å². The summed E-state index contributed by atoms with van der Waals surface area (Å²) in [5.41, 5.74) is 0.463. The number of carboxylic acid groups (broad SMARTS) is 1. The second-order valence-corrected chi connectivity index (χ2v) is 5.04. The lowest BCUT2D eigenvalue weighted by Crippen LogP contribution is -2.37. The molecule has 0 bridgehead atoms. The Morgan fingerprint density at radius 2 is 1.90 bits per heavy atom. The Morgan fingerprint density at radius 1 is 1.24 bits per heavy atom. The summed E-state index contributed by atoms with van der Waals surface area (Å²) in [6, 6.07) is 4.62. The maximum Gasteiger partial charge on any atom is 0.308 e. The van der Waals surface area contributed by atoms with Gasteiger partial charge >= 0.3 is 5.97 Å². The molecular weight excluding hydrogens is 274 g/mol. The van der Waals surface area contributed by atoms with Crippen LogP contribution in [-0.4, -0.2) is 48.7 Å². The molecule has 1 aliphatic heterocycles. The average molecular weight is 293 g/mol. The highest BCUT2D eigenvalue weighted by atomic mass is 16.5. The van der Waals surface area contributed by atoms with Crippen molar-refractivity contribution in [1.82, 2.24) is 4.90 Å². The van der Waals surface area contributed by atoms with Gasteiger partial charge in [-0.3, -0.25) is 9.59 Å². The Bertz CT molecular complexity index is 557. The van der Waals surface area contributed by atoms with E-state index in [9.17, 15) is 9.59 Å². The first-order valence-corrected chi connectivity index (χ1v) is 6.75. The molecule has 6 nitrogen and oxygen atoms in total. The Kier molecular flexibility index (Phi) is 4.35. The van der Waals surface area contributed by atoms with Crippen molar-refractivity contribution in [3.63, 3.8) is 0 Å². The highest BCUT2D eigenvalue weighted by molar-refractivity contribution is 5.95. The van der Waals surface area contributed by atoms with Gasteiger partial charge in [-0.05, 0) is 31.5 Å². The quantitative estimate of drug-likeness (QED) is 0.913. The fourth-order valence-electron chi connectivity index (χ4n) is 2.69. The highest BCUT2D eigenvalue weighted by Gasteiger charge is 2.38. The Labute approximate surface area is 123 Å². The number of nitrogens with zero attached hydrogens (tertiary/aromatic N) is 1. The first kappa shape index (κ1) is 15.2. The lowest BCUT2D eigenvalue weighted by atomic mass is 10.0. The van der Waals surface area contributed by atoms with E-state index >= 15 is 0 Å². The molecular formula is C15H19NO5.